The number of carbonyl (C=O) groups is 2. The van der Waals surface area contributed by atoms with Crippen LogP contribution in [0.4, 0.5) is 0 Å². The summed E-state index contributed by atoms with van der Waals surface area (Å²) in [6.07, 6.45) is 2.61. The quantitative estimate of drug-likeness (QED) is 0.745. The van der Waals surface area contributed by atoms with Crippen molar-refractivity contribution in [1.29, 1.82) is 0 Å². The average molecular weight is 375 g/mol. The molecule has 7 heteroatoms. The summed E-state index contributed by atoms with van der Waals surface area (Å²) in [5, 5.41) is 6.08. The summed E-state index contributed by atoms with van der Waals surface area (Å²) < 4.78 is 10.4. The Hall–Kier alpha value is -2.12. The minimum atomic E-state index is -0.156. The van der Waals surface area contributed by atoms with E-state index in [9.17, 15) is 9.59 Å². The van der Waals surface area contributed by atoms with Crippen LogP contribution in [0, 0.1) is 5.92 Å². The number of carbonyl (C=O) groups excluding carboxylic acids is 2. The first-order valence-electron chi connectivity index (χ1n) is 9.70. The molecule has 1 heterocycles. The molecule has 1 aromatic rings. The second kappa shape index (κ2) is 9.71. The van der Waals surface area contributed by atoms with E-state index in [4.69, 9.17) is 9.47 Å². The van der Waals surface area contributed by atoms with E-state index in [0.29, 0.717) is 17.9 Å². The second-order valence-corrected chi connectivity index (χ2v) is 7.09. The van der Waals surface area contributed by atoms with E-state index in [1.165, 1.54) is 0 Å². The number of morpholine rings is 1. The van der Waals surface area contributed by atoms with Gasteiger partial charge in [0.05, 0.1) is 26.2 Å². The first-order chi connectivity index (χ1) is 13.2. The van der Waals surface area contributed by atoms with Crippen LogP contribution in [0.1, 0.15) is 29.6 Å². The molecule has 0 radical (unpaired) electrons. The maximum Gasteiger partial charge on any atom is 0.251 e. The Morgan fingerprint density at radius 2 is 1.93 bits per heavy atom. The first kappa shape index (κ1) is 19.6. The summed E-state index contributed by atoms with van der Waals surface area (Å²) in [7, 11) is 1.59. The molecule has 1 saturated heterocycles. The molecule has 0 spiro atoms. The summed E-state index contributed by atoms with van der Waals surface area (Å²) in [5.41, 5.74) is 0.578. The molecule has 0 bridgehead atoms. The van der Waals surface area contributed by atoms with Crippen molar-refractivity contribution in [3.05, 3.63) is 29.8 Å². The summed E-state index contributed by atoms with van der Waals surface area (Å²) in [5.74, 6) is 0.457. The van der Waals surface area contributed by atoms with Gasteiger partial charge in [0, 0.05) is 37.8 Å². The van der Waals surface area contributed by atoms with Crippen LogP contribution >= 0.6 is 0 Å². The highest BCUT2D eigenvalue weighted by atomic mass is 16.5. The summed E-state index contributed by atoms with van der Waals surface area (Å²) in [4.78, 5) is 27.4. The average Bonchev–Trinajstić information content (AvgIpc) is 3.17. The molecule has 27 heavy (non-hydrogen) atoms. The van der Waals surface area contributed by atoms with E-state index in [1.54, 1.807) is 31.4 Å². The van der Waals surface area contributed by atoms with Crippen LogP contribution in [-0.4, -0.2) is 69.3 Å². The zero-order valence-electron chi connectivity index (χ0n) is 15.9. The van der Waals surface area contributed by atoms with Gasteiger partial charge in [0.25, 0.3) is 5.91 Å². The molecular weight excluding hydrogens is 346 g/mol. The van der Waals surface area contributed by atoms with Gasteiger partial charge in [0.15, 0.2) is 0 Å². The zero-order valence-corrected chi connectivity index (χ0v) is 15.9. The minimum Gasteiger partial charge on any atom is -0.497 e. The molecule has 1 aromatic carbocycles. The Balaban J connectivity index is 1.46. The molecule has 1 aliphatic heterocycles. The van der Waals surface area contributed by atoms with Crippen molar-refractivity contribution in [3.8, 4) is 5.75 Å². The Labute approximate surface area is 160 Å². The van der Waals surface area contributed by atoms with Crippen LogP contribution in [0.25, 0.3) is 0 Å². The van der Waals surface area contributed by atoms with Crippen molar-refractivity contribution in [2.75, 3.05) is 46.5 Å². The highest BCUT2D eigenvalue weighted by Crippen LogP contribution is 2.26. The van der Waals surface area contributed by atoms with E-state index < -0.39 is 0 Å². The second-order valence-electron chi connectivity index (χ2n) is 7.09. The SMILES string of the molecule is COc1ccc(C(=O)N[C@@H]2CCC[C@@H]2C(=O)NCCN2CCOCC2)cc1. The zero-order chi connectivity index (χ0) is 19.1. The predicted octanol–water partition coefficient (Wildman–Crippen LogP) is 1.04. The standard InChI is InChI=1S/C20H29N3O4/c1-26-16-7-5-15(6-8-16)19(24)22-18-4-2-3-17(18)20(25)21-9-10-23-11-13-27-14-12-23/h5-8,17-18H,2-4,9-14H2,1H3,(H,21,25)(H,22,24)/t17-,18+/m0/s1. The molecule has 148 valence electrons. The fraction of sp³-hybridized carbons (Fsp3) is 0.600. The van der Waals surface area contributed by atoms with Gasteiger partial charge >= 0.3 is 0 Å². The van der Waals surface area contributed by atoms with Gasteiger partial charge in [-0.3, -0.25) is 14.5 Å². The number of amides is 2. The number of hydrogen-bond acceptors (Lipinski definition) is 5. The highest BCUT2D eigenvalue weighted by Gasteiger charge is 2.34. The predicted molar refractivity (Wildman–Crippen MR) is 102 cm³/mol. The third-order valence-electron chi connectivity index (χ3n) is 5.35. The van der Waals surface area contributed by atoms with Crippen LogP contribution in [0.3, 0.4) is 0 Å². The molecule has 2 N–H and O–H groups in total. The largest absolute Gasteiger partial charge is 0.497 e. The molecule has 2 atom stereocenters. The van der Waals surface area contributed by atoms with E-state index in [1.807, 2.05) is 0 Å². The van der Waals surface area contributed by atoms with Crippen LogP contribution in [-0.2, 0) is 9.53 Å². The van der Waals surface area contributed by atoms with E-state index in [-0.39, 0.29) is 23.8 Å². The summed E-state index contributed by atoms with van der Waals surface area (Å²) >= 11 is 0. The molecule has 0 aromatic heterocycles. The Kier molecular flexibility index (Phi) is 7.06. The molecule has 0 unspecified atom stereocenters. The van der Waals surface area contributed by atoms with Crippen LogP contribution in [0.5, 0.6) is 5.75 Å². The molecule has 2 aliphatic rings. The number of nitrogens with one attached hydrogen (secondary N) is 2. The Morgan fingerprint density at radius 1 is 1.19 bits per heavy atom. The monoisotopic (exact) mass is 375 g/mol. The van der Waals surface area contributed by atoms with Gasteiger partial charge in [-0.2, -0.15) is 0 Å². The van der Waals surface area contributed by atoms with Gasteiger partial charge in [-0.05, 0) is 37.1 Å². The number of ether oxygens (including phenoxy) is 2. The Morgan fingerprint density at radius 3 is 2.63 bits per heavy atom. The van der Waals surface area contributed by atoms with Crippen LogP contribution in [0.15, 0.2) is 24.3 Å². The number of hydrogen-bond donors (Lipinski definition) is 2. The number of methoxy groups -OCH3 is 1. The molecule has 1 saturated carbocycles. The van der Waals surface area contributed by atoms with Crippen molar-refractivity contribution < 1.29 is 19.1 Å². The molecule has 2 fully saturated rings. The van der Waals surface area contributed by atoms with Gasteiger partial charge in [-0.15, -0.1) is 0 Å². The van der Waals surface area contributed by atoms with E-state index in [0.717, 1.165) is 52.1 Å². The fourth-order valence-electron chi connectivity index (χ4n) is 3.73. The molecule has 2 amide bonds. The van der Waals surface area contributed by atoms with Crippen molar-refractivity contribution in [1.82, 2.24) is 15.5 Å². The summed E-state index contributed by atoms with van der Waals surface area (Å²) in [6, 6.07) is 6.89. The molecular formula is C20H29N3O4. The van der Waals surface area contributed by atoms with Crippen molar-refractivity contribution in [2.45, 2.75) is 25.3 Å². The highest BCUT2D eigenvalue weighted by molar-refractivity contribution is 5.95. The summed E-state index contributed by atoms with van der Waals surface area (Å²) in [6.45, 7) is 4.82. The first-order valence-corrected chi connectivity index (χ1v) is 9.70. The molecule has 7 nitrogen and oxygen atoms in total. The van der Waals surface area contributed by atoms with Gasteiger partial charge in [-0.25, -0.2) is 0 Å². The Bertz CT molecular complexity index is 629. The maximum absolute atomic E-state index is 12.6. The van der Waals surface area contributed by atoms with Crippen molar-refractivity contribution in [2.24, 2.45) is 5.92 Å². The van der Waals surface area contributed by atoms with Gasteiger partial charge in [0.2, 0.25) is 5.91 Å². The topological polar surface area (TPSA) is 79.9 Å². The lowest BCUT2D eigenvalue weighted by molar-refractivity contribution is -0.125. The van der Waals surface area contributed by atoms with Gasteiger partial charge in [0.1, 0.15) is 5.75 Å². The van der Waals surface area contributed by atoms with Crippen molar-refractivity contribution >= 4 is 11.8 Å². The van der Waals surface area contributed by atoms with E-state index in [2.05, 4.69) is 15.5 Å². The number of benzene rings is 1. The third kappa shape index (κ3) is 5.43. The van der Waals surface area contributed by atoms with E-state index >= 15 is 0 Å². The maximum atomic E-state index is 12.6. The minimum absolute atomic E-state index is 0.0424. The lowest BCUT2D eigenvalue weighted by Gasteiger charge is -2.27. The van der Waals surface area contributed by atoms with Gasteiger partial charge < -0.3 is 20.1 Å². The molecule has 3 rings (SSSR count). The smallest absolute Gasteiger partial charge is 0.251 e. The third-order valence-corrected chi connectivity index (χ3v) is 5.35. The number of rotatable bonds is 7. The van der Waals surface area contributed by atoms with Gasteiger partial charge in [-0.1, -0.05) is 6.42 Å². The number of nitrogens with zero attached hydrogens (tertiary/aromatic N) is 1. The van der Waals surface area contributed by atoms with Crippen molar-refractivity contribution in [3.63, 3.8) is 0 Å². The van der Waals surface area contributed by atoms with Crippen LogP contribution < -0.4 is 15.4 Å². The normalized spacial score (nSPS) is 23.0. The van der Waals surface area contributed by atoms with Crippen LogP contribution in [0.2, 0.25) is 0 Å². The fourth-order valence-corrected chi connectivity index (χ4v) is 3.73. The molecule has 1 aliphatic carbocycles. The lowest BCUT2D eigenvalue weighted by atomic mass is 10.0. The lowest BCUT2D eigenvalue weighted by Crippen LogP contribution is -2.46.